The predicted molar refractivity (Wildman–Crippen MR) is 248 cm³/mol. The highest BCUT2D eigenvalue weighted by molar-refractivity contribution is 7.00. The van der Waals surface area contributed by atoms with Crippen LogP contribution in [0.15, 0.2) is 146 Å². The number of hydrogen-bond donors (Lipinski definition) is 0. The van der Waals surface area contributed by atoms with E-state index < -0.39 is 0 Å². The molecule has 7 aromatic carbocycles. The molecule has 0 bridgehead atoms. The van der Waals surface area contributed by atoms with Crippen molar-refractivity contribution < 1.29 is 0 Å². The number of fused-ring (bicyclic) bond motifs is 7. The first-order valence-corrected chi connectivity index (χ1v) is 21.3. The summed E-state index contributed by atoms with van der Waals surface area (Å²) in [6.45, 7) is 14.2. The lowest BCUT2D eigenvalue weighted by atomic mass is 9.33. The van der Waals surface area contributed by atoms with Gasteiger partial charge < -0.3 is 14.7 Å². The van der Waals surface area contributed by atoms with Gasteiger partial charge in [0.2, 0.25) is 0 Å². The molecule has 1 fully saturated rings. The minimum absolute atomic E-state index is 0.0186. The van der Waals surface area contributed by atoms with Gasteiger partial charge in [0.1, 0.15) is 0 Å². The number of hydrogen-bond acceptors (Lipinski definition) is 3. The van der Waals surface area contributed by atoms with Crippen molar-refractivity contribution >= 4 is 68.6 Å². The fourth-order valence-corrected chi connectivity index (χ4v) is 11.4. The Labute approximate surface area is 344 Å². The van der Waals surface area contributed by atoms with Crippen LogP contribution in [0.25, 0.3) is 11.1 Å². The highest BCUT2D eigenvalue weighted by Crippen LogP contribution is 2.62. The molecule has 1 aliphatic carbocycles. The van der Waals surface area contributed by atoms with E-state index in [1.807, 2.05) is 0 Å². The normalized spacial score (nSPS) is 19.7. The van der Waals surface area contributed by atoms with Gasteiger partial charge in [-0.1, -0.05) is 128 Å². The van der Waals surface area contributed by atoms with Crippen LogP contribution in [0.2, 0.25) is 0 Å². The first-order valence-electron chi connectivity index (χ1n) is 21.3. The summed E-state index contributed by atoms with van der Waals surface area (Å²) in [6, 6.07) is 55.4. The maximum Gasteiger partial charge on any atom is 0.252 e. The lowest BCUT2D eigenvalue weighted by Gasteiger charge is -2.53. The molecule has 4 heteroatoms. The van der Waals surface area contributed by atoms with Gasteiger partial charge in [-0.25, -0.2) is 0 Å². The SMILES string of the molecule is Cc1ccc(N(c2ccc(C)cc2)c2cc3c4c(c2)N2c5c(cc(-c6ccccc6)cc5C5(C)CCCCC25C)B4c2cccc(C)c2N3c2ccccc2C)cc1. The van der Waals surface area contributed by atoms with Crippen molar-refractivity contribution in [3.8, 4) is 11.1 Å². The van der Waals surface area contributed by atoms with Crippen LogP contribution in [-0.2, 0) is 5.41 Å². The molecule has 11 rings (SSSR count). The first kappa shape index (κ1) is 35.2. The number of benzene rings is 7. The van der Waals surface area contributed by atoms with Gasteiger partial charge >= 0.3 is 0 Å². The average molecular weight is 752 g/mol. The molecule has 2 atom stereocenters. The molecule has 0 aromatic heterocycles. The van der Waals surface area contributed by atoms with E-state index in [-0.39, 0.29) is 17.7 Å². The molecule has 7 aromatic rings. The van der Waals surface area contributed by atoms with Gasteiger partial charge in [0.05, 0.1) is 11.2 Å². The number of para-hydroxylation sites is 2. The summed E-state index contributed by atoms with van der Waals surface area (Å²) in [7, 11) is 0. The van der Waals surface area contributed by atoms with Crippen molar-refractivity contribution in [2.75, 3.05) is 14.7 Å². The summed E-state index contributed by atoms with van der Waals surface area (Å²) in [5, 5.41) is 0. The maximum atomic E-state index is 2.86. The molecule has 2 unspecified atom stereocenters. The van der Waals surface area contributed by atoms with Crippen molar-refractivity contribution in [3.63, 3.8) is 0 Å². The van der Waals surface area contributed by atoms with E-state index in [4.69, 9.17) is 0 Å². The minimum atomic E-state index is -0.103. The fraction of sp³-hybridized carbons (Fsp3) is 0.222. The van der Waals surface area contributed by atoms with Crippen LogP contribution in [0.5, 0.6) is 0 Å². The second kappa shape index (κ2) is 12.8. The van der Waals surface area contributed by atoms with Gasteiger partial charge in [0.25, 0.3) is 6.71 Å². The molecule has 4 aliphatic rings. The van der Waals surface area contributed by atoms with Gasteiger partial charge in [-0.3, -0.25) is 0 Å². The topological polar surface area (TPSA) is 9.72 Å². The molecule has 0 saturated heterocycles. The highest BCUT2D eigenvalue weighted by Gasteiger charge is 2.61. The molecule has 284 valence electrons. The van der Waals surface area contributed by atoms with Crippen molar-refractivity contribution in [1.82, 2.24) is 0 Å². The average Bonchev–Trinajstić information content (AvgIpc) is 3.45. The monoisotopic (exact) mass is 751 g/mol. The summed E-state index contributed by atoms with van der Waals surface area (Å²) in [4.78, 5) is 7.97. The van der Waals surface area contributed by atoms with Crippen molar-refractivity contribution in [3.05, 3.63) is 173 Å². The van der Waals surface area contributed by atoms with E-state index in [9.17, 15) is 0 Å². The Morgan fingerprint density at radius 1 is 0.517 bits per heavy atom. The Morgan fingerprint density at radius 2 is 1.16 bits per heavy atom. The number of aryl methyl sites for hydroxylation is 4. The van der Waals surface area contributed by atoms with E-state index in [2.05, 4.69) is 202 Å². The predicted octanol–water partition coefficient (Wildman–Crippen LogP) is 12.4. The third-order valence-electron chi connectivity index (χ3n) is 14.5. The van der Waals surface area contributed by atoms with Crippen LogP contribution < -0.4 is 31.1 Å². The first-order chi connectivity index (χ1) is 28.2. The van der Waals surface area contributed by atoms with Gasteiger partial charge in [0.15, 0.2) is 0 Å². The summed E-state index contributed by atoms with van der Waals surface area (Å²) >= 11 is 0. The second-order valence-electron chi connectivity index (χ2n) is 17.9. The molecular formula is C54H50BN3. The molecule has 0 N–H and O–H groups in total. The molecule has 3 aliphatic heterocycles. The zero-order valence-electron chi connectivity index (χ0n) is 34.6. The third kappa shape index (κ3) is 4.87. The summed E-state index contributed by atoms with van der Waals surface area (Å²) in [5.74, 6) is 0. The van der Waals surface area contributed by atoms with Crippen molar-refractivity contribution in [2.24, 2.45) is 0 Å². The third-order valence-corrected chi connectivity index (χ3v) is 14.5. The van der Waals surface area contributed by atoms with E-state index in [1.165, 1.54) is 109 Å². The minimum Gasteiger partial charge on any atom is -0.335 e. The van der Waals surface area contributed by atoms with Gasteiger partial charge in [0, 0.05) is 45.2 Å². The Kier molecular flexibility index (Phi) is 7.74. The zero-order valence-corrected chi connectivity index (χ0v) is 34.6. The van der Waals surface area contributed by atoms with Gasteiger partial charge in [-0.05, 0) is 140 Å². The van der Waals surface area contributed by atoms with Gasteiger partial charge in [-0.2, -0.15) is 0 Å². The summed E-state index contributed by atoms with van der Waals surface area (Å²) in [6.07, 6.45) is 4.82. The zero-order chi connectivity index (χ0) is 39.5. The van der Waals surface area contributed by atoms with Crippen LogP contribution in [0.1, 0.15) is 67.3 Å². The largest absolute Gasteiger partial charge is 0.335 e. The van der Waals surface area contributed by atoms with Crippen LogP contribution in [-0.4, -0.2) is 12.3 Å². The van der Waals surface area contributed by atoms with E-state index in [0.29, 0.717) is 0 Å². The molecule has 0 spiro atoms. The maximum absolute atomic E-state index is 2.86. The Morgan fingerprint density at radius 3 is 1.86 bits per heavy atom. The lowest BCUT2D eigenvalue weighted by molar-refractivity contribution is 0.195. The second-order valence-corrected chi connectivity index (χ2v) is 17.9. The van der Waals surface area contributed by atoms with Crippen molar-refractivity contribution in [1.29, 1.82) is 0 Å². The highest BCUT2D eigenvalue weighted by atomic mass is 15.3. The lowest BCUT2D eigenvalue weighted by Crippen LogP contribution is -2.64. The molecular weight excluding hydrogens is 701 g/mol. The standard InChI is InChI=1S/C54H50BN3/c1-35-21-25-41(26-22-35)56(42-27-23-36(2)24-28-42)43-33-48-50-49(34-43)58-52-44(53(5)29-12-13-30-54(53,58)6)31-40(39-17-8-7-9-18-39)32-46(52)55(50)45-19-14-16-38(4)51(45)57(48)47-20-11-10-15-37(47)3/h7-11,14-28,31-34H,12-13,29-30H2,1-6H3. The van der Waals surface area contributed by atoms with Crippen LogP contribution in [0.3, 0.4) is 0 Å². The molecule has 0 radical (unpaired) electrons. The van der Waals surface area contributed by atoms with E-state index in [0.717, 1.165) is 17.8 Å². The molecule has 3 heterocycles. The molecule has 1 saturated carbocycles. The summed E-state index contributed by atoms with van der Waals surface area (Å²) in [5.41, 5.74) is 23.4. The molecule has 0 amide bonds. The summed E-state index contributed by atoms with van der Waals surface area (Å²) < 4.78 is 0. The number of rotatable bonds is 5. The Bertz CT molecular complexity index is 2730. The molecule has 58 heavy (non-hydrogen) atoms. The Balaban J connectivity index is 1.29. The van der Waals surface area contributed by atoms with Crippen LogP contribution >= 0.6 is 0 Å². The fourth-order valence-electron chi connectivity index (χ4n) is 11.4. The number of nitrogens with zero attached hydrogens (tertiary/aromatic N) is 3. The smallest absolute Gasteiger partial charge is 0.252 e. The van der Waals surface area contributed by atoms with Crippen LogP contribution in [0.4, 0.5) is 45.5 Å². The van der Waals surface area contributed by atoms with Gasteiger partial charge in [-0.15, -0.1) is 0 Å². The quantitative estimate of drug-likeness (QED) is 0.162. The van der Waals surface area contributed by atoms with Crippen LogP contribution in [0, 0.1) is 27.7 Å². The number of anilines is 8. The van der Waals surface area contributed by atoms with E-state index >= 15 is 0 Å². The molecule has 3 nitrogen and oxygen atoms in total. The van der Waals surface area contributed by atoms with E-state index in [1.54, 1.807) is 0 Å². The Hall–Kier alpha value is -6.00. The van der Waals surface area contributed by atoms with Crippen molar-refractivity contribution in [2.45, 2.75) is 78.2 Å².